The van der Waals surface area contributed by atoms with Crippen LogP contribution in [0.3, 0.4) is 0 Å². The molecular formula is C18H15BrN4O7. The van der Waals surface area contributed by atoms with Crippen molar-refractivity contribution < 1.29 is 23.7 Å². The van der Waals surface area contributed by atoms with E-state index in [0.29, 0.717) is 27.2 Å². The van der Waals surface area contributed by atoms with E-state index in [9.17, 15) is 19.7 Å². The number of carbonyl (C=O) groups is 1. The molecule has 0 saturated heterocycles. The molecule has 1 heterocycles. The van der Waals surface area contributed by atoms with Gasteiger partial charge in [0.25, 0.3) is 5.69 Å². The van der Waals surface area contributed by atoms with Crippen molar-refractivity contribution in [3.05, 3.63) is 61.5 Å². The van der Waals surface area contributed by atoms with Gasteiger partial charge in [-0.3, -0.25) is 19.4 Å². The van der Waals surface area contributed by atoms with Crippen LogP contribution in [0.25, 0.3) is 11.4 Å². The average molecular weight is 479 g/mol. The van der Waals surface area contributed by atoms with Gasteiger partial charge in [0, 0.05) is 22.2 Å². The third-order valence-electron chi connectivity index (χ3n) is 4.07. The molecule has 156 valence electrons. The molecule has 0 bridgehead atoms. The number of non-ortho nitro benzene ring substituents is 1. The molecule has 11 nitrogen and oxygen atoms in total. The molecule has 2 aromatic carbocycles. The minimum atomic E-state index is -0.822. The van der Waals surface area contributed by atoms with Gasteiger partial charge in [-0.2, -0.15) is 0 Å². The molecule has 3 aromatic rings. The van der Waals surface area contributed by atoms with Gasteiger partial charge in [-0.1, -0.05) is 5.16 Å². The molecule has 0 fully saturated rings. The van der Waals surface area contributed by atoms with Crippen LogP contribution in [0.15, 0.2) is 50.2 Å². The molecular weight excluding hydrogens is 464 g/mol. The summed E-state index contributed by atoms with van der Waals surface area (Å²) >= 11 is 3.17. The van der Waals surface area contributed by atoms with E-state index in [-0.39, 0.29) is 11.5 Å². The second-order valence-corrected chi connectivity index (χ2v) is 6.75. The Morgan fingerprint density at radius 2 is 1.97 bits per heavy atom. The number of methoxy groups -OCH3 is 2. The number of amides is 1. The fourth-order valence-electron chi connectivity index (χ4n) is 2.64. The largest absolute Gasteiger partial charge is 0.493 e. The predicted octanol–water partition coefficient (Wildman–Crippen LogP) is 2.83. The zero-order chi connectivity index (χ0) is 21.8. The molecule has 0 aliphatic rings. The number of aromatic nitrogens is 2. The molecule has 3 rings (SSSR count). The molecule has 0 unspecified atom stereocenters. The van der Waals surface area contributed by atoms with E-state index in [1.165, 1.54) is 32.4 Å². The van der Waals surface area contributed by atoms with E-state index in [2.05, 4.69) is 26.4 Å². The predicted molar refractivity (Wildman–Crippen MR) is 109 cm³/mol. The zero-order valence-corrected chi connectivity index (χ0v) is 17.3. The lowest BCUT2D eigenvalue weighted by Gasteiger charge is -2.10. The Hall–Kier alpha value is -3.67. The van der Waals surface area contributed by atoms with Crippen LogP contribution < -0.4 is 20.5 Å². The number of nitro groups is 1. The van der Waals surface area contributed by atoms with Crippen molar-refractivity contribution in [3.8, 4) is 22.9 Å². The van der Waals surface area contributed by atoms with Gasteiger partial charge in [0.15, 0.2) is 17.3 Å². The number of nitrogens with zero attached hydrogens (tertiary/aromatic N) is 3. The number of rotatable bonds is 7. The first-order chi connectivity index (χ1) is 14.3. The van der Waals surface area contributed by atoms with Crippen LogP contribution in [0, 0.1) is 10.1 Å². The molecule has 0 atom stereocenters. The second-order valence-electron chi connectivity index (χ2n) is 5.90. The maximum atomic E-state index is 12.5. The van der Waals surface area contributed by atoms with Crippen LogP contribution in [0.1, 0.15) is 0 Å². The van der Waals surface area contributed by atoms with Crippen molar-refractivity contribution in [2.45, 2.75) is 6.54 Å². The maximum Gasteiger partial charge on any atom is 0.442 e. The number of nitrogens with one attached hydrogen (secondary N) is 1. The number of anilines is 1. The summed E-state index contributed by atoms with van der Waals surface area (Å²) in [7, 11) is 2.96. The summed E-state index contributed by atoms with van der Waals surface area (Å²) in [5, 5.41) is 17.1. The molecule has 1 N–H and O–H groups in total. The third-order valence-corrected chi connectivity index (χ3v) is 4.72. The van der Waals surface area contributed by atoms with Gasteiger partial charge in [0.1, 0.15) is 6.54 Å². The quantitative estimate of drug-likeness (QED) is 0.403. The van der Waals surface area contributed by atoms with Gasteiger partial charge >= 0.3 is 5.76 Å². The smallest absolute Gasteiger partial charge is 0.442 e. The molecule has 1 aromatic heterocycles. The van der Waals surface area contributed by atoms with E-state index in [4.69, 9.17) is 14.0 Å². The minimum Gasteiger partial charge on any atom is -0.493 e. The highest BCUT2D eigenvalue weighted by molar-refractivity contribution is 9.10. The Morgan fingerprint density at radius 1 is 1.23 bits per heavy atom. The summed E-state index contributed by atoms with van der Waals surface area (Å²) in [5.41, 5.74) is 0.649. The fraction of sp³-hybridized carbons (Fsp3) is 0.167. The van der Waals surface area contributed by atoms with Gasteiger partial charge < -0.3 is 14.8 Å². The Bertz CT molecular complexity index is 1170. The zero-order valence-electron chi connectivity index (χ0n) is 15.7. The molecule has 0 saturated carbocycles. The number of hydrogen-bond acceptors (Lipinski definition) is 8. The van der Waals surface area contributed by atoms with Crippen LogP contribution in [0.2, 0.25) is 0 Å². The Labute approximate surface area is 177 Å². The van der Waals surface area contributed by atoms with Crippen molar-refractivity contribution in [2.75, 3.05) is 19.5 Å². The number of halogens is 1. The van der Waals surface area contributed by atoms with Crippen molar-refractivity contribution in [1.29, 1.82) is 0 Å². The number of carbonyl (C=O) groups excluding carboxylic acids is 1. The normalized spacial score (nSPS) is 10.5. The van der Waals surface area contributed by atoms with E-state index >= 15 is 0 Å². The Kier molecular flexibility index (Phi) is 6.16. The monoisotopic (exact) mass is 478 g/mol. The van der Waals surface area contributed by atoms with E-state index in [0.717, 1.165) is 4.57 Å². The summed E-state index contributed by atoms with van der Waals surface area (Å²) in [6.07, 6.45) is 0. The summed E-state index contributed by atoms with van der Waals surface area (Å²) in [6.45, 7) is -0.393. The van der Waals surface area contributed by atoms with E-state index < -0.39 is 23.1 Å². The molecule has 1 amide bonds. The van der Waals surface area contributed by atoms with Gasteiger partial charge in [0.2, 0.25) is 5.91 Å². The number of nitro benzene ring substituents is 1. The average Bonchev–Trinajstić information content (AvgIpc) is 3.08. The topological polar surface area (TPSA) is 139 Å². The van der Waals surface area contributed by atoms with Gasteiger partial charge in [-0.25, -0.2) is 9.36 Å². The van der Waals surface area contributed by atoms with E-state index in [1.54, 1.807) is 18.2 Å². The summed E-state index contributed by atoms with van der Waals surface area (Å²) in [4.78, 5) is 34.8. The minimum absolute atomic E-state index is 0.124. The molecule has 12 heteroatoms. The maximum absolute atomic E-state index is 12.5. The fourth-order valence-corrected chi connectivity index (χ4v) is 3.11. The first kappa shape index (κ1) is 21.0. The highest BCUT2D eigenvalue weighted by Gasteiger charge is 2.19. The van der Waals surface area contributed by atoms with Gasteiger partial charge in [-0.15, -0.1) is 0 Å². The van der Waals surface area contributed by atoms with Crippen LogP contribution in [0.5, 0.6) is 11.5 Å². The Balaban J connectivity index is 1.85. The summed E-state index contributed by atoms with van der Waals surface area (Å²) < 4.78 is 16.5. The summed E-state index contributed by atoms with van der Waals surface area (Å²) in [5.74, 6) is -0.358. The second kappa shape index (κ2) is 8.78. The van der Waals surface area contributed by atoms with Crippen LogP contribution >= 0.6 is 15.9 Å². The first-order valence-corrected chi connectivity index (χ1v) is 9.16. The molecule has 0 radical (unpaired) electrons. The SMILES string of the molecule is COc1ccc(-c2noc(=O)n2CC(=O)Nc2ccc([N+](=O)[O-])cc2Br)cc1OC. The number of hydrogen-bond donors (Lipinski definition) is 1. The lowest BCUT2D eigenvalue weighted by molar-refractivity contribution is -0.384. The number of benzene rings is 2. The van der Waals surface area contributed by atoms with Crippen molar-refractivity contribution in [3.63, 3.8) is 0 Å². The molecule has 0 aliphatic carbocycles. The van der Waals surface area contributed by atoms with Gasteiger partial charge in [0.05, 0.1) is 24.8 Å². The highest BCUT2D eigenvalue weighted by Crippen LogP contribution is 2.31. The lowest BCUT2D eigenvalue weighted by atomic mass is 10.2. The van der Waals surface area contributed by atoms with Crippen molar-refractivity contribution >= 4 is 33.2 Å². The number of ether oxygens (including phenoxy) is 2. The van der Waals surface area contributed by atoms with Gasteiger partial charge in [-0.05, 0) is 40.2 Å². The summed E-state index contributed by atoms with van der Waals surface area (Å²) in [6, 6.07) is 8.76. The van der Waals surface area contributed by atoms with Crippen LogP contribution in [-0.2, 0) is 11.3 Å². The lowest BCUT2D eigenvalue weighted by Crippen LogP contribution is -2.25. The Morgan fingerprint density at radius 3 is 2.60 bits per heavy atom. The highest BCUT2D eigenvalue weighted by atomic mass is 79.9. The van der Waals surface area contributed by atoms with Crippen LogP contribution in [-0.4, -0.2) is 34.8 Å². The van der Waals surface area contributed by atoms with Crippen molar-refractivity contribution in [1.82, 2.24) is 9.72 Å². The van der Waals surface area contributed by atoms with E-state index in [1.807, 2.05) is 0 Å². The van der Waals surface area contributed by atoms with Crippen molar-refractivity contribution in [2.24, 2.45) is 0 Å². The molecule has 0 spiro atoms. The third kappa shape index (κ3) is 4.33. The molecule has 30 heavy (non-hydrogen) atoms. The first-order valence-electron chi connectivity index (χ1n) is 8.36. The van der Waals surface area contributed by atoms with Crippen LogP contribution in [0.4, 0.5) is 11.4 Å². The standard InChI is InChI=1S/C18H15BrN4O7/c1-28-14-6-3-10(7-15(14)29-2)17-21-30-18(25)22(17)9-16(24)20-13-5-4-11(23(26)27)8-12(13)19/h3-8H,9H2,1-2H3,(H,20,24). The molecule has 0 aliphatic heterocycles.